The van der Waals surface area contributed by atoms with Crippen LogP contribution >= 0.6 is 0 Å². The van der Waals surface area contributed by atoms with Crippen molar-refractivity contribution in [1.29, 1.82) is 0 Å². The van der Waals surface area contributed by atoms with E-state index >= 15 is 0 Å². The molecule has 0 amide bonds. The van der Waals surface area contributed by atoms with Crippen LogP contribution in [0.1, 0.15) is 12.8 Å². The smallest absolute Gasteiger partial charge is 0.204 e. The number of benzene rings is 2. The lowest BCUT2D eigenvalue weighted by Gasteiger charge is -2.21. The number of tetrazole rings is 1. The SMILES string of the molecule is Fc1ccc2cc(-c3nnn(C[C@H]4CCCNC4)n3)ccc2c1. The lowest BCUT2D eigenvalue weighted by Crippen LogP contribution is -2.32. The van der Waals surface area contributed by atoms with Gasteiger partial charge < -0.3 is 5.32 Å². The summed E-state index contributed by atoms with van der Waals surface area (Å²) < 4.78 is 13.2. The van der Waals surface area contributed by atoms with Gasteiger partial charge in [0.05, 0.1) is 6.54 Å². The summed E-state index contributed by atoms with van der Waals surface area (Å²) in [5.41, 5.74) is 0.900. The maximum atomic E-state index is 13.2. The minimum atomic E-state index is -0.226. The summed E-state index contributed by atoms with van der Waals surface area (Å²) in [5, 5.41) is 18.1. The Kier molecular flexibility index (Phi) is 3.75. The molecule has 2 heterocycles. The van der Waals surface area contributed by atoms with Crippen LogP contribution in [-0.2, 0) is 6.54 Å². The van der Waals surface area contributed by atoms with Gasteiger partial charge in [0.1, 0.15) is 5.82 Å². The molecule has 118 valence electrons. The van der Waals surface area contributed by atoms with Crippen molar-refractivity contribution in [3.63, 3.8) is 0 Å². The first-order valence-electron chi connectivity index (χ1n) is 7.96. The second-order valence-corrected chi connectivity index (χ2v) is 6.09. The van der Waals surface area contributed by atoms with Crippen LogP contribution in [0, 0.1) is 11.7 Å². The molecular formula is C17H18FN5. The van der Waals surface area contributed by atoms with Crippen molar-refractivity contribution in [1.82, 2.24) is 25.5 Å². The molecule has 4 rings (SSSR count). The number of rotatable bonds is 3. The Morgan fingerprint density at radius 1 is 1.17 bits per heavy atom. The summed E-state index contributed by atoms with van der Waals surface area (Å²) >= 11 is 0. The van der Waals surface area contributed by atoms with E-state index in [0.29, 0.717) is 11.7 Å². The van der Waals surface area contributed by atoms with Crippen LogP contribution in [0.15, 0.2) is 36.4 Å². The van der Waals surface area contributed by atoms with Gasteiger partial charge in [-0.2, -0.15) is 4.80 Å². The predicted molar refractivity (Wildman–Crippen MR) is 86.3 cm³/mol. The average Bonchev–Trinajstić information content (AvgIpc) is 3.04. The molecule has 2 aromatic carbocycles. The Hall–Kier alpha value is -2.34. The van der Waals surface area contributed by atoms with Gasteiger partial charge in [0.2, 0.25) is 5.82 Å². The van der Waals surface area contributed by atoms with Crippen LogP contribution in [0.5, 0.6) is 0 Å². The highest BCUT2D eigenvalue weighted by Gasteiger charge is 2.15. The molecule has 1 fully saturated rings. The van der Waals surface area contributed by atoms with Crippen LogP contribution in [-0.4, -0.2) is 33.3 Å². The molecule has 0 saturated carbocycles. The maximum Gasteiger partial charge on any atom is 0.204 e. The molecule has 1 aliphatic rings. The van der Waals surface area contributed by atoms with Crippen molar-refractivity contribution in [2.75, 3.05) is 13.1 Å². The molecule has 0 radical (unpaired) electrons. The normalized spacial score (nSPS) is 18.4. The highest BCUT2D eigenvalue weighted by Crippen LogP contribution is 2.22. The van der Waals surface area contributed by atoms with Crippen molar-refractivity contribution in [2.45, 2.75) is 19.4 Å². The highest BCUT2D eigenvalue weighted by atomic mass is 19.1. The van der Waals surface area contributed by atoms with Crippen molar-refractivity contribution < 1.29 is 4.39 Å². The number of halogens is 1. The van der Waals surface area contributed by atoms with Gasteiger partial charge in [0.15, 0.2) is 0 Å². The predicted octanol–water partition coefficient (Wildman–Crippen LogP) is 2.63. The topological polar surface area (TPSA) is 55.6 Å². The molecule has 1 N–H and O–H groups in total. The average molecular weight is 311 g/mol. The lowest BCUT2D eigenvalue weighted by molar-refractivity contribution is 0.307. The van der Waals surface area contributed by atoms with Crippen molar-refractivity contribution in [2.24, 2.45) is 5.92 Å². The van der Waals surface area contributed by atoms with Crippen molar-refractivity contribution in [3.05, 3.63) is 42.2 Å². The van der Waals surface area contributed by atoms with E-state index in [1.54, 1.807) is 10.9 Å². The van der Waals surface area contributed by atoms with E-state index in [1.165, 1.54) is 25.0 Å². The Balaban J connectivity index is 1.57. The van der Waals surface area contributed by atoms with Gasteiger partial charge in [-0.05, 0) is 66.0 Å². The monoisotopic (exact) mass is 311 g/mol. The number of aromatic nitrogens is 4. The quantitative estimate of drug-likeness (QED) is 0.808. The molecule has 0 aliphatic carbocycles. The van der Waals surface area contributed by atoms with Crippen molar-refractivity contribution >= 4 is 10.8 Å². The van der Waals surface area contributed by atoms with Gasteiger partial charge >= 0.3 is 0 Å². The summed E-state index contributed by atoms with van der Waals surface area (Å²) in [4.78, 5) is 1.68. The van der Waals surface area contributed by atoms with Gasteiger partial charge in [-0.1, -0.05) is 18.2 Å². The first kappa shape index (κ1) is 14.3. The molecule has 0 unspecified atom stereocenters. The van der Waals surface area contributed by atoms with E-state index in [0.717, 1.165) is 36.0 Å². The van der Waals surface area contributed by atoms with Gasteiger partial charge in [-0.25, -0.2) is 4.39 Å². The minimum Gasteiger partial charge on any atom is -0.316 e. The number of fused-ring (bicyclic) bond motifs is 1. The summed E-state index contributed by atoms with van der Waals surface area (Å²) in [6, 6.07) is 10.5. The van der Waals surface area contributed by atoms with E-state index < -0.39 is 0 Å². The highest BCUT2D eigenvalue weighted by molar-refractivity contribution is 5.86. The number of hydrogen-bond acceptors (Lipinski definition) is 4. The van der Waals surface area contributed by atoms with Crippen LogP contribution in [0.4, 0.5) is 4.39 Å². The standard InChI is InChI=1S/C17H18FN5/c18-16-6-5-13-8-15(4-3-14(13)9-16)17-20-22-23(21-17)11-12-2-1-7-19-10-12/h3-6,8-9,12,19H,1-2,7,10-11H2/t12-/m0/s1. The third kappa shape index (κ3) is 3.07. The molecule has 6 heteroatoms. The molecule has 3 aromatic rings. The molecule has 1 atom stereocenters. The zero-order valence-electron chi connectivity index (χ0n) is 12.7. The van der Waals surface area contributed by atoms with E-state index in [2.05, 4.69) is 20.7 Å². The molecule has 1 saturated heterocycles. The maximum absolute atomic E-state index is 13.2. The van der Waals surface area contributed by atoms with Crippen molar-refractivity contribution in [3.8, 4) is 11.4 Å². The second kappa shape index (κ2) is 6.04. The molecular weight excluding hydrogens is 293 g/mol. The Morgan fingerprint density at radius 2 is 2.04 bits per heavy atom. The van der Waals surface area contributed by atoms with Crippen LogP contribution in [0.3, 0.4) is 0 Å². The summed E-state index contributed by atoms with van der Waals surface area (Å²) in [7, 11) is 0. The largest absolute Gasteiger partial charge is 0.316 e. The van der Waals surface area contributed by atoms with Gasteiger partial charge in [-0.3, -0.25) is 0 Å². The fraction of sp³-hybridized carbons (Fsp3) is 0.353. The number of hydrogen-bond donors (Lipinski definition) is 1. The van der Waals surface area contributed by atoms with E-state index in [4.69, 9.17) is 0 Å². The van der Waals surface area contributed by atoms with Crippen LogP contribution in [0.25, 0.3) is 22.2 Å². The molecule has 5 nitrogen and oxygen atoms in total. The zero-order chi connectivity index (χ0) is 15.6. The number of nitrogens with zero attached hydrogens (tertiary/aromatic N) is 4. The summed E-state index contributed by atoms with van der Waals surface area (Å²) in [6.07, 6.45) is 2.40. The third-order valence-electron chi connectivity index (χ3n) is 4.33. The fourth-order valence-corrected chi connectivity index (χ4v) is 3.10. The summed E-state index contributed by atoms with van der Waals surface area (Å²) in [6.45, 7) is 2.90. The fourth-order valence-electron chi connectivity index (χ4n) is 3.10. The molecule has 0 spiro atoms. The van der Waals surface area contributed by atoms with Crippen LogP contribution < -0.4 is 5.32 Å². The summed E-state index contributed by atoms with van der Waals surface area (Å²) in [5.74, 6) is 0.945. The third-order valence-corrected chi connectivity index (χ3v) is 4.33. The van der Waals surface area contributed by atoms with Gasteiger partial charge in [0.25, 0.3) is 0 Å². The Labute approximate surface area is 133 Å². The van der Waals surface area contributed by atoms with Crippen LogP contribution in [0.2, 0.25) is 0 Å². The Bertz CT molecular complexity index is 823. The van der Waals surface area contributed by atoms with E-state index in [-0.39, 0.29) is 5.82 Å². The molecule has 23 heavy (non-hydrogen) atoms. The molecule has 1 aromatic heterocycles. The second-order valence-electron chi connectivity index (χ2n) is 6.09. The van der Waals surface area contributed by atoms with Gasteiger partial charge in [0, 0.05) is 5.56 Å². The first-order chi connectivity index (χ1) is 11.3. The number of piperidine rings is 1. The molecule has 0 bridgehead atoms. The van der Waals surface area contributed by atoms with Gasteiger partial charge in [-0.15, -0.1) is 10.2 Å². The lowest BCUT2D eigenvalue weighted by atomic mass is 10.0. The number of nitrogens with one attached hydrogen (secondary N) is 1. The minimum absolute atomic E-state index is 0.226. The van der Waals surface area contributed by atoms with E-state index in [1.807, 2.05) is 18.2 Å². The zero-order valence-corrected chi connectivity index (χ0v) is 12.7. The Morgan fingerprint density at radius 3 is 2.91 bits per heavy atom. The molecule has 1 aliphatic heterocycles. The van der Waals surface area contributed by atoms with E-state index in [9.17, 15) is 4.39 Å². The first-order valence-corrected chi connectivity index (χ1v) is 7.96.